The molecule has 132 valence electrons. The summed E-state index contributed by atoms with van der Waals surface area (Å²) in [7, 11) is 0. The Hall–Kier alpha value is -1.58. The van der Waals surface area contributed by atoms with Crippen molar-refractivity contribution >= 4 is 11.6 Å². The van der Waals surface area contributed by atoms with Crippen molar-refractivity contribution in [2.24, 2.45) is 5.92 Å². The van der Waals surface area contributed by atoms with Crippen molar-refractivity contribution in [3.63, 3.8) is 0 Å². The minimum absolute atomic E-state index is 0.00833. The minimum atomic E-state index is -0.182. The zero-order valence-electron chi connectivity index (χ0n) is 15.1. The third-order valence-electron chi connectivity index (χ3n) is 5.62. The van der Waals surface area contributed by atoms with Gasteiger partial charge in [0.15, 0.2) is 0 Å². The van der Waals surface area contributed by atoms with Gasteiger partial charge in [-0.3, -0.25) is 4.79 Å². The fourth-order valence-corrected chi connectivity index (χ4v) is 4.63. The summed E-state index contributed by atoms with van der Waals surface area (Å²) in [5, 5.41) is 0. The van der Waals surface area contributed by atoms with E-state index in [2.05, 4.69) is 30.6 Å². The average Bonchev–Trinajstić information content (AvgIpc) is 2.81. The number of unbranched alkanes of at least 4 members (excludes halogenated alkanes) is 1. The smallest absolute Gasteiger partial charge is 0.222 e. The van der Waals surface area contributed by atoms with Crippen molar-refractivity contribution in [1.82, 2.24) is 4.90 Å². The van der Waals surface area contributed by atoms with E-state index < -0.39 is 0 Å². The number of halogens is 1. The Morgan fingerprint density at radius 2 is 2.17 bits per heavy atom. The zero-order valence-corrected chi connectivity index (χ0v) is 15.1. The van der Waals surface area contributed by atoms with E-state index in [9.17, 15) is 9.18 Å². The maximum absolute atomic E-state index is 13.7. The van der Waals surface area contributed by atoms with Gasteiger partial charge in [-0.1, -0.05) is 19.4 Å². The van der Waals surface area contributed by atoms with Crippen molar-refractivity contribution in [3.05, 3.63) is 30.1 Å². The minimum Gasteiger partial charge on any atom is -0.363 e. The maximum atomic E-state index is 13.7. The highest BCUT2D eigenvalue weighted by Gasteiger charge is 2.48. The molecule has 4 heteroatoms. The van der Waals surface area contributed by atoms with E-state index in [1.807, 2.05) is 6.07 Å². The predicted molar refractivity (Wildman–Crippen MR) is 95.6 cm³/mol. The zero-order chi connectivity index (χ0) is 17.3. The Morgan fingerprint density at radius 3 is 2.88 bits per heavy atom. The maximum Gasteiger partial charge on any atom is 0.222 e. The van der Waals surface area contributed by atoms with Gasteiger partial charge in [0.2, 0.25) is 5.91 Å². The van der Waals surface area contributed by atoms with Crippen LogP contribution in [0.25, 0.3) is 0 Å². The molecule has 1 aromatic rings. The number of likely N-dealkylation sites (tertiary alicyclic amines) is 1. The van der Waals surface area contributed by atoms with Crippen molar-refractivity contribution < 1.29 is 9.18 Å². The first-order chi connectivity index (χ1) is 11.4. The van der Waals surface area contributed by atoms with Crippen molar-refractivity contribution in [3.8, 4) is 0 Å². The molecule has 0 unspecified atom stereocenters. The van der Waals surface area contributed by atoms with E-state index in [-0.39, 0.29) is 11.4 Å². The van der Waals surface area contributed by atoms with Crippen molar-refractivity contribution in [2.75, 3.05) is 18.0 Å². The molecule has 24 heavy (non-hydrogen) atoms. The highest BCUT2D eigenvalue weighted by Crippen LogP contribution is 2.44. The summed E-state index contributed by atoms with van der Waals surface area (Å²) in [5.41, 5.74) is 0.962. The van der Waals surface area contributed by atoms with Crippen LogP contribution in [0.3, 0.4) is 0 Å². The van der Waals surface area contributed by atoms with Crippen LogP contribution < -0.4 is 4.90 Å². The Bertz CT molecular complexity index is 601. The Kier molecular flexibility index (Phi) is 4.84. The highest BCUT2D eigenvalue weighted by atomic mass is 19.1. The van der Waals surface area contributed by atoms with Gasteiger partial charge in [0.05, 0.1) is 0 Å². The Labute approximate surface area is 144 Å². The molecule has 1 aromatic carbocycles. The van der Waals surface area contributed by atoms with E-state index in [0.717, 1.165) is 44.5 Å². The van der Waals surface area contributed by atoms with E-state index in [4.69, 9.17) is 0 Å². The summed E-state index contributed by atoms with van der Waals surface area (Å²) < 4.78 is 13.7. The number of fused-ring (bicyclic) bond motifs is 1. The number of piperidine rings is 1. The molecule has 2 atom stereocenters. The van der Waals surface area contributed by atoms with Gasteiger partial charge in [-0.2, -0.15) is 0 Å². The second-order valence-electron chi connectivity index (χ2n) is 7.93. The molecule has 0 N–H and O–H groups in total. The lowest BCUT2D eigenvalue weighted by Gasteiger charge is -2.42. The standard InChI is InChI=1S/C20H29FN2O/c1-4-5-9-19(24)22-11-10-18-15(14-22)13-20(2,3)23(18)17-8-6-7-16(21)12-17/h6-8,12,15,18H,4-5,9-11,13-14H2,1-3H3/t15-,18+/m1/s1. The second-order valence-corrected chi connectivity index (χ2v) is 7.93. The van der Waals surface area contributed by atoms with Gasteiger partial charge in [0.1, 0.15) is 5.82 Å². The number of amides is 1. The molecule has 0 bridgehead atoms. The van der Waals surface area contributed by atoms with Crippen LogP contribution in [0.5, 0.6) is 0 Å². The Balaban J connectivity index is 1.76. The lowest BCUT2D eigenvalue weighted by Crippen LogP contribution is -2.50. The SMILES string of the molecule is CCCCC(=O)N1CC[C@H]2[C@@H](C1)CC(C)(C)N2c1cccc(F)c1. The van der Waals surface area contributed by atoms with Crippen LogP contribution in [-0.4, -0.2) is 35.5 Å². The molecule has 0 saturated carbocycles. The lowest BCUT2D eigenvalue weighted by atomic mass is 9.89. The average molecular weight is 332 g/mol. The van der Waals surface area contributed by atoms with Gasteiger partial charge < -0.3 is 9.80 Å². The molecule has 0 aromatic heterocycles. The van der Waals surface area contributed by atoms with Crippen molar-refractivity contribution in [2.45, 2.75) is 64.5 Å². The summed E-state index contributed by atoms with van der Waals surface area (Å²) in [6.07, 6.45) is 4.73. The van der Waals surface area contributed by atoms with E-state index in [1.165, 1.54) is 6.07 Å². The van der Waals surface area contributed by atoms with Crippen LogP contribution in [-0.2, 0) is 4.79 Å². The lowest BCUT2D eigenvalue weighted by molar-refractivity contribution is -0.133. The molecule has 2 saturated heterocycles. The molecular formula is C20H29FN2O. The van der Waals surface area contributed by atoms with Gasteiger partial charge in [-0.15, -0.1) is 0 Å². The highest BCUT2D eigenvalue weighted by molar-refractivity contribution is 5.76. The van der Waals surface area contributed by atoms with Gasteiger partial charge in [0.25, 0.3) is 0 Å². The van der Waals surface area contributed by atoms with Gasteiger partial charge in [-0.05, 0) is 57.2 Å². The second kappa shape index (κ2) is 6.73. The third kappa shape index (κ3) is 3.28. The topological polar surface area (TPSA) is 23.6 Å². The normalized spacial score (nSPS) is 25.7. The van der Waals surface area contributed by atoms with Crippen LogP contribution in [0.1, 0.15) is 52.9 Å². The number of benzene rings is 1. The molecule has 3 rings (SSSR count). The number of hydrogen-bond donors (Lipinski definition) is 0. The molecule has 0 aliphatic carbocycles. The van der Waals surface area contributed by atoms with E-state index >= 15 is 0 Å². The molecule has 2 heterocycles. The molecular weight excluding hydrogens is 303 g/mol. The number of rotatable bonds is 4. The fourth-order valence-electron chi connectivity index (χ4n) is 4.63. The van der Waals surface area contributed by atoms with Crippen LogP contribution in [0.15, 0.2) is 24.3 Å². The molecule has 3 nitrogen and oxygen atoms in total. The number of carbonyl (C=O) groups excluding carboxylic acids is 1. The first kappa shape index (κ1) is 17.2. The summed E-state index contributed by atoms with van der Waals surface area (Å²) in [5.74, 6) is 0.596. The summed E-state index contributed by atoms with van der Waals surface area (Å²) in [6.45, 7) is 8.27. The quantitative estimate of drug-likeness (QED) is 0.824. The first-order valence-corrected chi connectivity index (χ1v) is 9.25. The summed E-state index contributed by atoms with van der Waals surface area (Å²) >= 11 is 0. The molecule has 0 spiro atoms. The number of anilines is 1. The molecule has 2 fully saturated rings. The van der Waals surface area contributed by atoms with Crippen LogP contribution in [0.2, 0.25) is 0 Å². The molecule has 0 radical (unpaired) electrons. The molecule has 2 aliphatic rings. The van der Waals surface area contributed by atoms with Gasteiger partial charge in [-0.25, -0.2) is 4.39 Å². The largest absolute Gasteiger partial charge is 0.363 e. The van der Waals surface area contributed by atoms with E-state index in [0.29, 0.717) is 24.3 Å². The molecule has 1 amide bonds. The number of nitrogens with zero attached hydrogens (tertiary/aromatic N) is 2. The molecule has 2 aliphatic heterocycles. The van der Waals surface area contributed by atoms with E-state index in [1.54, 1.807) is 12.1 Å². The number of carbonyl (C=O) groups is 1. The van der Waals surface area contributed by atoms with Gasteiger partial charge in [0, 0.05) is 36.8 Å². The van der Waals surface area contributed by atoms with Crippen molar-refractivity contribution in [1.29, 1.82) is 0 Å². The van der Waals surface area contributed by atoms with Crippen LogP contribution >= 0.6 is 0 Å². The summed E-state index contributed by atoms with van der Waals surface area (Å²) in [4.78, 5) is 16.8. The fraction of sp³-hybridized carbons (Fsp3) is 0.650. The summed E-state index contributed by atoms with van der Waals surface area (Å²) in [6, 6.07) is 7.34. The third-order valence-corrected chi connectivity index (χ3v) is 5.62. The monoisotopic (exact) mass is 332 g/mol. The first-order valence-electron chi connectivity index (χ1n) is 9.25. The van der Waals surface area contributed by atoms with Gasteiger partial charge >= 0.3 is 0 Å². The number of hydrogen-bond acceptors (Lipinski definition) is 2. The predicted octanol–water partition coefficient (Wildman–Crippen LogP) is 4.22. The Morgan fingerprint density at radius 1 is 1.38 bits per heavy atom. The van der Waals surface area contributed by atoms with Crippen LogP contribution in [0, 0.1) is 11.7 Å². The van der Waals surface area contributed by atoms with Crippen LogP contribution in [0.4, 0.5) is 10.1 Å².